The molecule has 1 rings (SSSR count). The molecule has 0 radical (unpaired) electrons. The van der Waals surface area contributed by atoms with Crippen LogP contribution >= 0.6 is 0 Å². The van der Waals surface area contributed by atoms with Crippen molar-refractivity contribution in [2.75, 3.05) is 25.1 Å². The molecule has 0 atom stereocenters. The van der Waals surface area contributed by atoms with Crippen LogP contribution in [0.3, 0.4) is 0 Å². The summed E-state index contributed by atoms with van der Waals surface area (Å²) in [4.78, 5) is -0.236. The van der Waals surface area contributed by atoms with Crippen LogP contribution in [0.5, 0.6) is 0 Å². The average molecular weight is 276 g/mol. The van der Waals surface area contributed by atoms with E-state index >= 15 is 0 Å². The molecule has 0 aliphatic heterocycles. The summed E-state index contributed by atoms with van der Waals surface area (Å²) in [6.07, 6.45) is 0.740. The molecule has 0 spiro atoms. The lowest BCUT2D eigenvalue weighted by Crippen LogP contribution is -2.13. The first-order valence-corrected chi connectivity index (χ1v) is 7.13. The van der Waals surface area contributed by atoms with Crippen LogP contribution in [-0.2, 0) is 14.8 Å². The molecule has 0 aliphatic carbocycles. The number of hydrogen-bond acceptors (Lipinski definition) is 4. The molecule has 0 aliphatic rings. The fraction of sp³-hybridized carbons (Fsp3) is 0.455. The molecular formula is C11H17FN2O3S. The van der Waals surface area contributed by atoms with Gasteiger partial charge in [-0.25, -0.2) is 17.9 Å². The molecule has 0 unspecified atom stereocenters. The maximum absolute atomic E-state index is 13.5. The van der Waals surface area contributed by atoms with Gasteiger partial charge in [0.25, 0.3) is 0 Å². The second-order valence-electron chi connectivity index (χ2n) is 3.66. The Balaban J connectivity index is 2.58. The summed E-state index contributed by atoms with van der Waals surface area (Å²) in [5, 5.41) is 7.76. The molecular weight excluding hydrogens is 259 g/mol. The highest BCUT2D eigenvalue weighted by molar-refractivity contribution is 7.89. The lowest BCUT2D eigenvalue weighted by molar-refractivity contribution is 0.147. The lowest BCUT2D eigenvalue weighted by Gasteiger charge is -2.08. The number of halogens is 1. The summed E-state index contributed by atoms with van der Waals surface area (Å²) in [5.74, 6) is -0.641. The summed E-state index contributed by atoms with van der Waals surface area (Å²) in [5.41, 5.74) is 0.249. The van der Waals surface area contributed by atoms with Crippen molar-refractivity contribution >= 4 is 15.7 Å². The maximum atomic E-state index is 13.5. The highest BCUT2D eigenvalue weighted by Gasteiger charge is 2.11. The fourth-order valence-corrected chi connectivity index (χ4v) is 1.88. The third kappa shape index (κ3) is 4.59. The van der Waals surface area contributed by atoms with Crippen molar-refractivity contribution in [1.82, 2.24) is 0 Å². The van der Waals surface area contributed by atoms with E-state index in [9.17, 15) is 12.8 Å². The molecule has 7 heteroatoms. The van der Waals surface area contributed by atoms with Gasteiger partial charge in [-0.3, -0.25) is 0 Å². The smallest absolute Gasteiger partial charge is 0.238 e. The summed E-state index contributed by atoms with van der Waals surface area (Å²) in [7, 11) is -3.86. The molecule has 1 aromatic rings. The van der Waals surface area contributed by atoms with Gasteiger partial charge in [0.05, 0.1) is 10.6 Å². The number of sulfonamides is 1. The van der Waals surface area contributed by atoms with Gasteiger partial charge in [-0.1, -0.05) is 0 Å². The first-order valence-electron chi connectivity index (χ1n) is 5.59. The summed E-state index contributed by atoms with van der Waals surface area (Å²) in [6, 6.07) is 3.53. The van der Waals surface area contributed by atoms with Gasteiger partial charge in [0, 0.05) is 19.8 Å². The van der Waals surface area contributed by atoms with E-state index in [1.165, 1.54) is 12.1 Å². The topological polar surface area (TPSA) is 81.4 Å². The molecule has 3 N–H and O–H groups in total. The van der Waals surface area contributed by atoms with Gasteiger partial charge in [-0.05, 0) is 31.5 Å². The number of anilines is 1. The summed E-state index contributed by atoms with van der Waals surface area (Å²) in [6.45, 7) is 3.70. The van der Waals surface area contributed by atoms with Crippen molar-refractivity contribution < 1.29 is 17.5 Å². The fourth-order valence-electron chi connectivity index (χ4n) is 1.36. The molecule has 0 bridgehead atoms. The van der Waals surface area contributed by atoms with Gasteiger partial charge >= 0.3 is 0 Å². The van der Waals surface area contributed by atoms with Crippen LogP contribution in [0.15, 0.2) is 23.1 Å². The second-order valence-corrected chi connectivity index (χ2v) is 5.23. The third-order valence-corrected chi connectivity index (χ3v) is 3.17. The first-order chi connectivity index (χ1) is 8.45. The number of benzene rings is 1. The van der Waals surface area contributed by atoms with E-state index < -0.39 is 15.8 Å². The largest absolute Gasteiger partial charge is 0.383 e. The van der Waals surface area contributed by atoms with Crippen molar-refractivity contribution in [3.05, 3.63) is 24.0 Å². The van der Waals surface area contributed by atoms with Crippen LogP contribution in [0.2, 0.25) is 0 Å². The SMILES string of the molecule is CCOCCCNc1ccc(S(N)(=O)=O)cc1F. The molecule has 0 fully saturated rings. The van der Waals surface area contributed by atoms with E-state index in [-0.39, 0.29) is 10.6 Å². The minimum absolute atomic E-state index is 0.236. The van der Waals surface area contributed by atoms with Crippen molar-refractivity contribution in [1.29, 1.82) is 0 Å². The van der Waals surface area contributed by atoms with E-state index in [2.05, 4.69) is 5.32 Å². The summed E-state index contributed by atoms with van der Waals surface area (Å²) >= 11 is 0. The van der Waals surface area contributed by atoms with Crippen molar-refractivity contribution in [3.63, 3.8) is 0 Å². The first kappa shape index (κ1) is 14.9. The number of hydrogen-bond donors (Lipinski definition) is 2. The van der Waals surface area contributed by atoms with Crippen LogP contribution in [0.1, 0.15) is 13.3 Å². The molecule has 18 heavy (non-hydrogen) atoms. The van der Waals surface area contributed by atoms with Crippen molar-refractivity contribution in [2.45, 2.75) is 18.2 Å². The van der Waals surface area contributed by atoms with Crippen LogP contribution in [0.25, 0.3) is 0 Å². The Morgan fingerprint density at radius 2 is 2.17 bits per heavy atom. The maximum Gasteiger partial charge on any atom is 0.238 e. The van der Waals surface area contributed by atoms with Gasteiger partial charge in [-0.2, -0.15) is 0 Å². The van der Waals surface area contributed by atoms with E-state index in [1.807, 2.05) is 6.92 Å². The van der Waals surface area contributed by atoms with Crippen LogP contribution in [0, 0.1) is 5.82 Å². The molecule has 5 nitrogen and oxygen atoms in total. The van der Waals surface area contributed by atoms with Crippen LogP contribution in [0.4, 0.5) is 10.1 Å². The highest BCUT2D eigenvalue weighted by atomic mass is 32.2. The van der Waals surface area contributed by atoms with E-state index in [0.717, 1.165) is 12.5 Å². The summed E-state index contributed by atoms with van der Waals surface area (Å²) < 4.78 is 40.7. The Morgan fingerprint density at radius 3 is 2.72 bits per heavy atom. The van der Waals surface area contributed by atoms with Crippen LogP contribution < -0.4 is 10.5 Å². The van der Waals surface area contributed by atoms with Crippen molar-refractivity contribution in [2.24, 2.45) is 5.14 Å². The number of ether oxygens (including phenoxy) is 1. The number of nitrogens with two attached hydrogens (primary N) is 1. The monoisotopic (exact) mass is 276 g/mol. The Hall–Kier alpha value is -1.18. The second kappa shape index (κ2) is 6.67. The minimum Gasteiger partial charge on any atom is -0.383 e. The molecule has 0 saturated heterocycles. The lowest BCUT2D eigenvalue weighted by atomic mass is 10.3. The van der Waals surface area contributed by atoms with Gasteiger partial charge in [0.15, 0.2) is 0 Å². The Bertz CT molecular complexity index is 491. The van der Waals surface area contributed by atoms with E-state index in [4.69, 9.17) is 9.88 Å². The van der Waals surface area contributed by atoms with Crippen LogP contribution in [-0.4, -0.2) is 28.2 Å². The van der Waals surface area contributed by atoms with Gasteiger partial charge < -0.3 is 10.1 Å². The molecule has 0 saturated carbocycles. The molecule has 0 heterocycles. The van der Waals surface area contributed by atoms with Gasteiger partial charge in [0.1, 0.15) is 5.82 Å². The van der Waals surface area contributed by atoms with Gasteiger partial charge in [-0.15, -0.1) is 0 Å². The number of primary sulfonamides is 1. The zero-order valence-corrected chi connectivity index (χ0v) is 11.0. The van der Waals surface area contributed by atoms with Crippen molar-refractivity contribution in [3.8, 4) is 0 Å². The predicted octanol–water partition coefficient (Wildman–Crippen LogP) is 1.31. The number of nitrogens with one attached hydrogen (secondary N) is 1. The zero-order valence-electron chi connectivity index (χ0n) is 10.1. The standard InChI is InChI=1S/C11H17FN2O3S/c1-2-17-7-3-6-14-11-5-4-9(8-10(11)12)18(13,15)16/h4-5,8,14H,2-3,6-7H2,1H3,(H2,13,15,16). The Labute approximate surface area is 106 Å². The normalized spacial score (nSPS) is 11.5. The third-order valence-electron chi connectivity index (χ3n) is 2.25. The molecule has 0 aromatic heterocycles. The molecule has 102 valence electrons. The zero-order chi connectivity index (χ0) is 13.6. The highest BCUT2D eigenvalue weighted by Crippen LogP contribution is 2.17. The molecule has 0 amide bonds. The minimum atomic E-state index is -3.86. The Kier molecular flexibility index (Phi) is 5.52. The quantitative estimate of drug-likeness (QED) is 0.736. The van der Waals surface area contributed by atoms with Gasteiger partial charge in [0.2, 0.25) is 10.0 Å². The van der Waals surface area contributed by atoms with E-state index in [1.54, 1.807) is 0 Å². The van der Waals surface area contributed by atoms with E-state index in [0.29, 0.717) is 19.8 Å². The molecule has 1 aromatic carbocycles. The predicted molar refractivity (Wildman–Crippen MR) is 67.4 cm³/mol. The Morgan fingerprint density at radius 1 is 1.44 bits per heavy atom. The number of rotatable bonds is 7. The average Bonchev–Trinajstić information content (AvgIpc) is 2.29.